The highest BCUT2D eigenvalue weighted by Gasteiger charge is 2.36. The SMILES string of the molecule is O=C(NCCN1CCOCC1)C1CCCN(S(=O)(=O)N2CCCCC2)C1. The summed E-state index contributed by atoms with van der Waals surface area (Å²) in [5.74, 6) is -0.259. The van der Waals surface area contributed by atoms with Crippen molar-refractivity contribution >= 4 is 16.1 Å². The summed E-state index contributed by atoms with van der Waals surface area (Å²) >= 11 is 0. The summed E-state index contributed by atoms with van der Waals surface area (Å²) in [5.41, 5.74) is 0. The number of rotatable bonds is 6. The molecular weight excluding hydrogens is 356 g/mol. The smallest absolute Gasteiger partial charge is 0.281 e. The van der Waals surface area contributed by atoms with Gasteiger partial charge < -0.3 is 10.1 Å². The van der Waals surface area contributed by atoms with Crippen LogP contribution < -0.4 is 5.32 Å². The van der Waals surface area contributed by atoms with E-state index in [4.69, 9.17) is 4.74 Å². The van der Waals surface area contributed by atoms with E-state index >= 15 is 0 Å². The lowest BCUT2D eigenvalue weighted by Gasteiger charge is -2.36. The van der Waals surface area contributed by atoms with E-state index in [9.17, 15) is 13.2 Å². The highest BCUT2D eigenvalue weighted by molar-refractivity contribution is 7.86. The van der Waals surface area contributed by atoms with E-state index in [1.807, 2.05) is 0 Å². The summed E-state index contributed by atoms with van der Waals surface area (Å²) < 4.78 is 34.1. The molecule has 0 aromatic carbocycles. The van der Waals surface area contributed by atoms with Gasteiger partial charge in [0.1, 0.15) is 0 Å². The Morgan fingerprint density at radius 2 is 1.65 bits per heavy atom. The monoisotopic (exact) mass is 388 g/mol. The quantitative estimate of drug-likeness (QED) is 0.686. The fourth-order valence-corrected chi connectivity index (χ4v) is 5.71. The van der Waals surface area contributed by atoms with Crippen LogP contribution in [0.4, 0.5) is 0 Å². The van der Waals surface area contributed by atoms with Gasteiger partial charge in [-0.05, 0) is 25.7 Å². The third-order valence-corrected chi connectivity index (χ3v) is 7.56. The third kappa shape index (κ3) is 5.16. The fourth-order valence-electron chi connectivity index (χ4n) is 3.93. The highest BCUT2D eigenvalue weighted by atomic mass is 32.2. The second-order valence-corrected chi connectivity index (χ2v) is 9.34. The summed E-state index contributed by atoms with van der Waals surface area (Å²) in [6.45, 7) is 6.77. The van der Waals surface area contributed by atoms with Crippen LogP contribution in [-0.2, 0) is 19.7 Å². The molecule has 1 amide bonds. The minimum absolute atomic E-state index is 0.0168. The molecule has 3 saturated heterocycles. The lowest BCUT2D eigenvalue weighted by atomic mass is 9.99. The summed E-state index contributed by atoms with van der Waals surface area (Å²) in [5, 5.41) is 2.99. The number of hydrogen-bond acceptors (Lipinski definition) is 5. The number of morpholine rings is 1. The Morgan fingerprint density at radius 3 is 2.38 bits per heavy atom. The van der Waals surface area contributed by atoms with Crippen molar-refractivity contribution in [3.63, 3.8) is 0 Å². The summed E-state index contributed by atoms with van der Waals surface area (Å²) in [6, 6.07) is 0. The Morgan fingerprint density at radius 1 is 0.962 bits per heavy atom. The first-order valence-electron chi connectivity index (χ1n) is 9.90. The van der Waals surface area contributed by atoms with E-state index in [2.05, 4.69) is 10.2 Å². The molecular formula is C17H32N4O4S. The zero-order valence-electron chi connectivity index (χ0n) is 15.6. The largest absolute Gasteiger partial charge is 0.379 e. The molecule has 3 fully saturated rings. The average Bonchev–Trinajstić information content (AvgIpc) is 2.69. The predicted octanol–water partition coefficient (Wildman–Crippen LogP) is -0.122. The predicted molar refractivity (Wildman–Crippen MR) is 98.9 cm³/mol. The summed E-state index contributed by atoms with van der Waals surface area (Å²) in [4.78, 5) is 14.8. The maximum atomic E-state index is 12.8. The first-order chi connectivity index (χ1) is 12.6. The Balaban J connectivity index is 1.46. The van der Waals surface area contributed by atoms with E-state index in [-0.39, 0.29) is 11.8 Å². The molecule has 1 unspecified atom stereocenters. The molecule has 0 aliphatic carbocycles. The second-order valence-electron chi connectivity index (χ2n) is 7.41. The van der Waals surface area contributed by atoms with Crippen LogP contribution in [0.25, 0.3) is 0 Å². The zero-order chi connectivity index (χ0) is 18.4. The van der Waals surface area contributed by atoms with Gasteiger partial charge in [0, 0.05) is 52.4 Å². The molecule has 0 bridgehead atoms. The van der Waals surface area contributed by atoms with E-state index in [0.717, 1.165) is 65.0 Å². The van der Waals surface area contributed by atoms with Gasteiger partial charge in [0.25, 0.3) is 10.2 Å². The standard InChI is InChI=1S/C17H32N4O4S/c22-17(18-6-10-19-11-13-25-14-12-19)16-5-4-9-21(15-16)26(23,24)20-7-2-1-3-8-20/h16H,1-15H2,(H,18,22). The molecule has 1 N–H and O–H groups in total. The number of carbonyl (C=O) groups is 1. The van der Waals surface area contributed by atoms with E-state index in [1.54, 1.807) is 4.31 Å². The number of amides is 1. The lowest BCUT2D eigenvalue weighted by molar-refractivity contribution is -0.126. The minimum atomic E-state index is -3.42. The van der Waals surface area contributed by atoms with Crippen LogP contribution in [0.1, 0.15) is 32.1 Å². The van der Waals surface area contributed by atoms with Gasteiger partial charge in [-0.2, -0.15) is 17.0 Å². The van der Waals surface area contributed by atoms with E-state index < -0.39 is 10.2 Å². The van der Waals surface area contributed by atoms with E-state index in [0.29, 0.717) is 32.7 Å². The number of carbonyl (C=O) groups excluding carboxylic acids is 1. The molecule has 8 nitrogen and oxygen atoms in total. The molecule has 3 rings (SSSR count). The summed E-state index contributed by atoms with van der Waals surface area (Å²) in [7, 11) is -3.42. The van der Waals surface area contributed by atoms with E-state index in [1.165, 1.54) is 4.31 Å². The van der Waals surface area contributed by atoms with Crippen LogP contribution in [0.5, 0.6) is 0 Å². The van der Waals surface area contributed by atoms with Crippen LogP contribution in [0.3, 0.4) is 0 Å². The zero-order valence-corrected chi connectivity index (χ0v) is 16.4. The molecule has 0 spiro atoms. The molecule has 0 aromatic rings. The van der Waals surface area contributed by atoms with Gasteiger partial charge in [-0.15, -0.1) is 0 Å². The van der Waals surface area contributed by atoms with Crippen molar-refractivity contribution in [1.82, 2.24) is 18.8 Å². The van der Waals surface area contributed by atoms with Crippen LogP contribution >= 0.6 is 0 Å². The molecule has 150 valence electrons. The van der Waals surface area contributed by atoms with Crippen LogP contribution in [0.15, 0.2) is 0 Å². The van der Waals surface area contributed by atoms with Crippen LogP contribution in [-0.4, -0.2) is 93.4 Å². The fraction of sp³-hybridized carbons (Fsp3) is 0.941. The topological polar surface area (TPSA) is 82.2 Å². The molecule has 3 aliphatic heterocycles. The highest BCUT2D eigenvalue weighted by Crippen LogP contribution is 2.23. The van der Waals surface area contributed by atoms with Crippen molar-refractivity contribution in [2.75, 3.05) is 65.6 Å². The number of nitrogens with one attached hydrogen (secondary N) is 1. The Labute approximate surface area is 157 Å². The maximum Gasteiger partial charge on any atom is 0.281 e. The number of hydrogen-bond donors (Lipinski definition) is 1. The number of ether oxygens (including phenoxy) is 1. The molecule has 0 radical (unpaired) electrons. The first kappa shape index (κ1) is 20.0. The van der Waals surface area contributed by atoms with Gasteiger partial charge in [0.2, 0.25) is 5.91 Å². The molecule has 0 saturated carbocycles. The molecule has 9 heteroatoms. The molecule has 3 aliphatic rings. The van der Waals surface area contributed by atoms with Gasteiger partial charge in [0.05, 0.1) is 19.1 Å². The second kappa shape index (κ2) is 9.45. The Kier molecular flexibility index (Phi) is 7.27. The third-order valence-electron chi connectivity index (χ3n) is 5.55. The minimum Gasteiger partial charge on any atom is -0.379 e. The Bertz CT molecular complexity index is 559. The molecule has 1 atom stereocenters. The average molecular weight is 389 g/mol. The summed E-state index contributed by atoms with van der Waals surface area (Å²) in [6.07, 6.45) is 4.46. The number of piperidine rings is 2. The van der Waals surface area contributed by atoms with Crippen LogP contribution in [0, 0.1) is 5.92 Å². The number of nitrogens with zero attached hydrogens (tertiary/aromatic N) is 3. The normalized spacial score (nSPS) is 27.3. The van der Waals surface area contributed by atoms with Gasteiger partial charge in [-0.25, -0.2) is 0 Å². The van der Waals surface area contributed by atoms with Gasteiger partial charge in [-0.1, -0.05) is 6.42 Å². The van der Waals surface area contributed by atoms with Crippen molar-refractivity contribution in [2.45, 2.75) is 32.1 Å². The van der Waals surface area contributed by atoms with Crippen molar-refractivity contribution in [3.8, 4) is 0 Å². The molecule has 0 aromatic heterocycles. The van der Waals surface area contributed by atoms with Crippen molar-refractivity contribution in [3.05, 3.63) is 0 Å². The van der Waals surface area contributed by atoms with Gasteiger partial charge in [-0.3, -0.25) is 9.69 Å². The first-order valence-corrected chi connectivity index (χ1v) is 11.3. The van der Waals surface area contributed by atoms with Crippen molar-refractivity contribution in [1.29, 1.82) is 0 Å². The van der Waals surface area contributed by atoms with Crippen LogP contribution in [0.2, 0.25) is 0 Å². The Hall–Kier alpha value is -0.740. The van der Waals surface area contributed by atoms with Crippen molar-refractivity contribution < 1.29 is 17.9 Å². The van der Waals surface area contributed by atoms with Gasteiger partial charge >= 0.3 is 0 Å². The molecule has 26 heavy (non-hydrogen) atoms. The molecule has 3 heterocycles. The maximum absolute atomic E-state index is 12.8. The lowest BCUT2D eigenvalue weighted by Crippen LogP contribution is -2.52. The van der Waals surface area contributed by atoms with Crippen molar-refractivity contribution in [2.24, 2.45) is 5.92 Å². The van der Waals surface area contributed by atoms with Gasteiger partial charge in [0.15, 0.2) is 0 Å².